The molecule has 0 saturated carbocycles. The van der Waals surface area contributed by atoms with E-state index in [9.17, 15) is 11.8 Å². The maximum atomic E-state index is 12.6. The molecule has 4 heterocycles. The van der Waals surface area contributed by atoms with E-state index >= 15 is 0 Å². The first-order valence-electron chi connectivity index (χ1n) is 27.4. The minimum atomic E-state index is -0.714. The highest BCUT2D eigenvalue weighted by Gasteiger charge is 2.47. The lowest BCUT2D eigenvalue weighted by molar-refractivity contribution is 0.769. The van der Waals surface area contributed by atoms with Gasteiger partial charge in [-0.2, -0.15) is 5.26 Å². The molecule has 6 nitrogen and oxygen atoms in total. The predicted octanol–water partition coefficient (Wildman–Crippen LogP) is 18.9. The summed E-state index contributed by atoms with van der Waals surface area (Å²) < 4.78 is 9.39. The summed E-state index contributed by atoms with van der Waals surface area (Å²) in [5.74, 6) is 0. The largest absolute Gasteiger partial charge is 0.317 e. The zero-order chi connectivity index (χ0) is 53.5. The van der Waals surface area contributed by atoms with Gasteiger partial charge in [0.05, 0.1) is 90.5 Å². The number of nitriles is 1. The molecule has 0 spiro atoms. The van der Waals surface area contributed by atoms with Crippen molar-refractivity contribution in [1.82, 2.24) is 18.3 Å². The van der Waals surface area contributed by atoms with Crippen LogP contribution in [0.3, 0.4) is 0 Å². The van der Waals surface area contributed by atoms with Crippen molar-refractivity contribution in [3.05, 3.63) is 306 Å². The molecule has 1 aliphatic carbocycles. The SMILES string of the molecule is [C-]#[N+]c1c(C#N)c(-n2c3ccccc3c3cc4c(cc32)C(c2ccccc2)(c2ccccc2)c2ccccc2-4)c(-n2c3ccccc3c3ccccc32)c(-n2c3ccccc3c3ccccc32)c1-n1c2ccccc2c2ccccc21. The number of fused-ring (bicyclic) bond motifs is 15. The van der Waals surface area contributed by atoms with E-state index in [1.54, 1.807) is 0 Å². The Balaban J connectivity index is 1.16. The minimum Gasteiger partial charge on any atom is -0.317 e. The Morgan fingerprint density at radius 1 is 0.309 bits per heavy atom. The highest BCUT2D eigenvalue weighted by atomic mass is 15.2. The van der Waals surface area contributed by atoms with Crippen molar-refractivity contribution >= 4 is 92.9 Å². The van der Waals surface area contributed by atoms with Crippen molar-refractivity contribution in [3.63, 3.8) is 0 Å². The van der Waals surface area contributed by atoms with Crippen molar-refractivity contribution in [2.75, 3.05) is 0 Å². The smallest absolute Gasteiger partial charge is 0.232 e. The van der Waals surface area contributed by atoms with E-state index in [-0.39, 0.29) is 11.3 Å². The standard InChI is InChI=1S/C75H44N6/c1-77-70-59(46-76)71(81-68-43-23-15-35-56(68)58-44-57-49-28-8-16-36-60(49)75(61(57)45-69(58)81,47-24-4-2-5-25-47)48-26-6-3-7-27-48)73(79-64-39-19-11-31-52(64)53-32-12-20-40-65(53)79)74(80-66-41-21-13-33-54(66)55-34-14-22-42-67(55)80)72(70)78-62-37-17-9-29-50(62)51-30-10-18-38-63(51)78/h2-45H. The molecule has 12 aromatic carbocycles. The fourth-order valence-corrected chi connectivity index (χ4v) is 14.4. The molecule has 374 valence electrons. The van der Waals surface area contributed by atoms with Crippen molar-refractivity contribution in [1.29, 1.82) is 5.26 Å². The number of para-hydroxylation sites is 7. The first kappa shape index (κ1) is 44.9. The van der Waals surface area contributed by atoms with Gasteiger partial charge < -0.3 is 18.3 Å². The third-order valence-electron chi connectivity index (χ3n) is 17.5. The van der Waals surface area contributed by atoms with Crippen LogP contribution in [0, 0.1) is 17.9 Å². The van der Waals surface area contributed by atoms with E-state index in [1.165, 1.54) is 11.1 Å². The highest BCUT2D eigenvalue weighted by Crippen LogP contribution is 2.59. The lowest BCUT2D eigenvalue weighted by Crippen LogP contribution is -2.28. The number of nitrogens with zero attached hydrogens (tertiary/aromatic N) is 6. The van der Waals surface area contributed by atoms with Crippen LogP contribution in [-0.4, -0.2) is 18.3 Å². The van der Waals surface area contributed by atoms with Gasteiger partial charge >= 0.3 is 0 Å². The van der Waals surface area contributed by atoms with Crippen LogP contribution < -0.4 is 0 Å². The Morgan fingerprint density at radius 2 is 0.642 bits per heavy atom. The number of aromatic nitrogens is 4. The van der Waals surface area contributed by atoms with E-state index in [2.05, 4.69) is 296 Å². The Bertz CT molecular complexity index is 5240. The lowest BCUT2D eigenvalue weighted by Gasteiger charge is -2.34. The molecule has 0 atom stereocenters. The molecular weight excluding hydrogens is 985 g/mol. The summed E-state index contributed by atoms with van der Waals surface area (Å²) >= 11 is 0. The Kier molecular flexibility index (Phi) is 9.37. The summed E-state index contributed by atoms with van der Waals surface area (Å²) in [6.45, 7) is 9.70. The molecule has 81 heavy (non-hydrogen) atoms. The third-order valence-corrected chi connectivity index (χ3v) is 17.5. The van der Waals surface area contributed by atoms with Gasteiger partial charge in [-0.1, -0.05) is 212 Å². The van der Waals surface area contributed by atoms with E-state index in [0.717, 1.165) is 121 Å². The van der Waals surface area contributed by atoms with Crippen LogP contribution in [0.1, 0.15) is 27.8 Å². The maximum absolute atomic E-state index is 12.6. The van der Waals surface area contributed by atoms with Gasteiger partial charge in [-0.05, 0) is 88.0 Å². The molecule has 0 unspecified atom stereocenters. The summed E-state index contributed by atoms with van der Waals surface area (Å²) in [6, 6.07) is 98.4. The van der Waals surface area contributed by atoms with Crippen LogP contribution >= 0.6 is 0 Å². The quantitative estimate of drug-likeness (QED) is 0.153. The van der Waals surface area contributed by atoms with Crippen molar-refractivity contribution in [3.8, 4) is 39.9 Å². The van der Waals surface area contributed by atoms with E-state index in [0.29, 0.717) is 11.4 Å². The van der Waals surface area contributed by atoms with Crippen molar-refractivity contribution in [2.45, 2.75) is 5.41 Å². The van der Waals surface area contributed by atoms with Gasteiger partial charge in [0, 0.05) is 43.1 Å². The van der Waals surface area contributed by atoms with Crippen LogP contribution in [-0.2, 0) is 5.41 Å². The van der Waals surface area contributed by atoms with Crippen LogP contribution in [0.4, 0.5) is 5.69 Å². The first-order valence-corrected chi connectivity index (χ1v) is 27.4. The average Bonchev–Trinajstić information content (AvgIpc) is 4.45. The monoisotopic (exact) mass is 1030 g/mol. The number of benzene rings is 12. The Morgan fingerprint density at radius 3 is 1.05 bits per heavy atom. The molecule has 0 amide bonds. The second-order valence-electron chi connectivity index (χ2n) is 21.2. The summed E-state index contributed by atoms with van der Waals surface area (Å²) in [4.78, 5) is 4.68. The Labute approximate surface area is 465 Å². The van der Waals surface area contributed by atoms with Gasteiger partial charge in [0.25, 0.3) is 0 Å². The third kappa shape index (κ3) is 5.87. The molecule has 1 aliphatic rings. The number of rotatable bonds is 6. The molecule has 0 radical (unpaired) electrons. The fraction of sp³-hybridized carbons (Fsp3) is 0.0133. The van der Waals surface area contributed by atoms with Gasteiger partial charge in [0.15, 0.2) is 0 Å². The first-order chi connectivity index (χ1) is 40.2. The summed E-state index contributed by atoms with van der Waals surface area (Å²) in [6.07, 6.45) is 0. The van der Waals surface area contributed by atoms with Crippen molar-refractivity contribution in [2.24, 2.45) is 0 Å². The molecule has 0 fully saturated rings. The number of hydrogen-bond donors (Lipinski definition) is 0. The van der Waals surface area contributed by atoms with E-state index in [4.69, 9.17) is 0 Å². The summed E-state index contributed by atoms with van der Waals surface area (Å²) in [5.41, 5.74) is 17.2. The van der Waals surface area contributed by atoms with E-state index < -0.39 is 5.41 Å². The van der Waals surface area contributed by atoms with Crippen LogP contribution in [0.2, 0.25) is 0 Å². The molecule has 0 saturated heterocycles. The van der Waals surface area contributed by atoms with Gasteiger partial charge in [-0.25, -0.2) is 4.85 Å². The number of hydrogen-bond acceptors (Lipinski definition) is 1. The maximum Gasteiger partial charge on any atom is 0.232 e. The van der Waals surface area contributed by atoms with Crippen LogP contribution in [0.15, 0.2) is 267 Å². The Hall–Kier alpha value is -11.2. The minimum absolute atomic E-state index is 0.253. The molecular formula is C75H44N6. The zero-order valence-electron chi connectivity index (χ0n) is 43.6. The predicted molar refractivity (Wildman–Crippen MR) is 332 cm³/mol. The van der Waals surface area contributed by atoms with Gasteiger partial charge in [0.2, 0.25) is 5.69 Å². The van der Waals surface area contributed by atoms with Crippen LogP contribution in [0.25, 0.3) is 126 Å². The normalized spacial score (nSPS) is 12.8. The van der Waals surface area contributed by atoms with E-state index in [1.807, 2.05) is 0 Å². The van der Waals surface area contributed by atoms with Gasteiger partial charge in [-0.15, -0.1) is 0 Å². The molecule has 6 heteroatoms. The molecule has 0 N–H and O–H groups in total. The average molecular weight is 1030 g/mol. The second-order valence-corrected chi connectivity index (χ2v) is 21.2. The molecule has 0 bridgehead atoms. The molecule has 0 aliphatic heterocycles. The topological polar surface area (TPSA) is 47.9 Å². The second kappa shape index (κ2) is 16.9. The van der Waals surface area contributed by atoms with Crippen LogP contribution in [0.5, 0.6) is 0 Å². The molecule has 16 aromatic rings. The fourth-order valence-electron chi connectivity index (χ4n) is 14.4. The van der Waals surface area contributed by atoms with Crippen molar-refractivity contribution < 1.29 is 0 Å². The molecule has 17 rings (SSSR count). The summed E-state index contributed by atoms with van der Waals surface area (Å²) in [5, 5.41) is 21.1. The van der Waals surface area contributed by atoms with Gasteiger partial charge in [-0.3, -0.25) is 0 Å². The lowest BCUT2D eigenvalue weighted by atomic mass is 9.67. The summed E-state index contributed by atoms with van der Waals surface area (Å²) in [7, 11) is 0. The van der Waals surface area contributed by atoms with Gasteiger partial charge in [0.1, 0.15) is 0 Å². The zero-order valence-corrected chi connectivity index (χ0v) is 43.6. The molecule has 4 aromatic heterocycles. The highest BCUT2D eigenvalue weighted by molar-refractivity contribution is 6.18.